The van der Waals surface area contributed by atoms with E-state index in [0.29, 0.717) is 12.8 Å². The third kappa shape index (κ3) is 18.2. The molecular weight excluding hydrogens is 324 g/mol. The molecule has 0 bridgehead atoms. The van der Waals surface area contributed by atoms with Gasteiger partial charge in [-0.1, -0.05) is 104 Å². The lowest BCUT2D eigenvalue weighted by Gasteiger charge is -2.12. The second-order valence-corrected chi connectivity index (χ2v) is 7.99. The molecule has 1 atom stereocenters. The summed E-state index contributed by atoms with van der Waals surface area (Å²) in [5.41, 5.74) is 0. The molecule has 0 rings (SSSR count). The molecule has 146 valence electrons. The Morgan fingerprint density at radius 2 is 1.08 bits per heavy atom. The van der Waals surface area contributed by atoms with E-state index in [-0.39, 0.29) is 6.10 Å². The molecule has 0 spiro atoms. The summed E-state index contributed by atoms with van der Waals surface area (Å²) >= 11 is 0. The van der Waals surface area contributed by atoms with Crippen LogP contribution < -0.4 is 0 Å². The highest BCUT2D eigenvalue weighted by molar-refractivity contribution is 7.80. The van der Waals surface area contributed by atoms with E-state index in [1.807, 2.05) is 6.92 Å². The highest BCUT2D eigenvalue weighted by Crippen LogP contribution is 2.15. The summed E-state index contributed by atoms with van der Waals surface area (Å²) in [6.45, 7) is 4.13. The van der Waals surface area contributed by atoms with E-state index in [4.69, 9.17) is 4.55 Å². The third-order valence-electron chi connectivity index (χ3n) is 4.59. The van der Waals surface area contributed by atoms with Crippen LogP contribution in [0.15, 0.2) is 0 Å². The van der Waals surface area contributed by atoms with E-state index in [2.05, 4.69) is 11.1 Å². The van der Waals surface area contributed by atoms with Gasteiger partial charge in [0.25, 0.3) is 0 Å². The Morgan fingerprint density at radius 1 is 0.708 bits per heavy atom. The van der Waals surface area contributed by atoms with Crippen LogP contribution in [-0.4, -0.2) is 19.1 Å². The Balaban J connectivity index is 3.27. The molecule has 0 aromatic rings. The number of hydrogen-bond donors (Lipinski definition) is 1. The quantitative estimate of drug-likeness (QED) is 0.224. The van der Waals surface area contributed by atoms with Gasteiger partial charge in [-0.05, 0) is 12.8 Å². The smallest absolute Gasteiger partial charge is 0.264 e. The van der Waals surface area contributed by atoms with Gasteiger partial charge in [0.2, 0.25) is 0 Å². The van der Waals surface area contributed by atoms with Crippen molar-refractivity contribution in [2.24, 2.45) is 0 Å². The van der Waals surface area contributed by atoms with Gasteiger partial charge in [-0.15, -0.1) is 0 Å². The molecule has 0 aliphatic carbocycles. The van der Waals surface area contributed by atoms with Crippen molar-refractivity contribution >= 4 is 10.4 Å². The normalized spacial score (nSPS) is 13.3. The molecule has 0 fully saturated rings. The average molecular weight is 365 g/mol. The maximum Gasteiger partial charge on any atom is 0.397 e. The maximum absolute atomic E-state index is 10.7. The molecule has 0 aliphatic rings. The van der Waals surface area contributed by atoms with E-state index in [9.17, 15) is 8.42 Å². The van der Waals surface area contributed by atoms with Crippen molar-refractivity contribution in [1.29, 1.82) is 0 Å². The van der Waals surface area contributed by atoms with E-state index < -0.39 is 10.4 Å². The summed E-state index contributed by atoms with van der Waals surface area (Å²) in [6.07, 6.45) is 19.2. The van der Waals surface area contributed by atoms with Crippen LogP contribution in [0.3, 0.4) is 0 Å². The van der Waals surface area contributed by atoms with Crippen molar-refractivity contribution in [2.45, 2.75) is 123 Å². The van der Waals surface area contributed by atoms with Crippen LogP contribution in [0, 0.1) is 0 Å². The van der Waals surface area contributed by atoms with Crippen LogP contribution in [0.4, 0.5) is 0 Å². The molecule has 5 heteroatoms. The first kappa shape index (κ1) is 23.9. The fraction of sp³-hybridized carbons (Fsp3) is 1.00. The van der Waals surface area contributed by atoms with Crippen molar-refractivity contribution in [3.63, 3.8) is 0 Å². The summed E-state index contributed by atoms with van der Waals surface area (Å²) in [7, 11) is -4.30. The molecule has 0 heterocycles. The van der Waals surface area contributed by atoms with Crippen LogP contribution in [-0.2, 0) is 14.6 Å². The molecule has 0 amide bonds. The maximum atomic E-state index is 10.7. The fourth-order valence-electron chi connectivity index (χ4n) is 3.06. The van der Waals surface area contributed by atoms with Gasteiger partial charge >= 0.3 is 10.4 Å². The van der Waals surface area contributed by atoms with Gasteiger partial charge in [-0.25, -0.2) is 4.18 Å². The summed E-state index contributed by atoms with van der Waals surface area (Å²) in [5, 5.41) is 0. The minimum atomic E-state index is -4.30. The van der Waals surface area contributed by atoms with Crippen molar-refractivity contribution in [2.75, 3.05) is 0 Å². The predicted molar refractivity (Wildman–Crippen MR) is 102 cm³/mol. The Kier molecular flexibility index (Phi) is 16.3. The van der Waals surface area contributed by atoms with Crippen molar-refractivity contribution in [3.05, 3.63) is 0 Å². The lowest BCUT2D eigenvalue weighted by Crippen LogP contribution is -2.16. The first-order valence-electron chi connectivity index (χ1n) is 10.1. The number of rotatable bonds is 18. The van der Waals surface area contributed by atoms with Crippen LogP contribution in [0.2, 0.25) is 0 Å². The molecule has 0 saturated heterocycles. The molecule has 1 N–H and O–H groups in total. The predicted octanol–water partition coefficient (Wildman–Crippen LogP) is 6.46. The topological polar surface area (TPSA) is 63.6 Å². The Hall–Kier alpha value is -0.130. The minimum absolute atomic E-state index is 0.377. The Bertz CT molecular complexity index is 354. The van der Waals surface area contributed by atoms with Gasteiger partial charge < -0.3 is 0 Å². The average Bonchev–Trinajstić information content (AvgIpc) is 2.53. The standard InChI is InChI=1S/C19H40O4S/c1-3-5-6-7-8-9-10-11-12-13-14-15-16-17-18-19(4-2)23-24(20,21)22/h19H,3-18H2,1-2H3,(H,20,21,22). The van der Waals surface area contributed by atoms with Crippen LogP contribution in [0.1, 0.15) is 117 Å². The van der Waals surface area contributed by atoms with E-state index >= 15 is 0 Å². The molecule has 4 nitrogen and oxygen atoms in total. The van der Waals surface area contributed by atoms with Crippen LogP contribution >= 0.6 is 0 Å². The highest BCUT2D eigenvalue weighted by Gasteiger charge is 2.14. The SMILES string of the molecule is CCCCCCCCCCCCCCCCC(CC)OS(=O)(=O)O. The largest absolute Gasteiger partial charge is 0.397 e. The van der Waals surface area contributed by atoms with E-state index in [1.54, 1.807) is 0 Å². The molecule has 0 aliphatic heterocycles. The summed E-state index contributed by atoms with van der Waals surface area (Å²) in [4.78, 5) is 0. The van der Waals surface area contributed by atoms with Crippen molar-refractivity contribution < 1.29 is 17.2 Å². The zero-order valence-electron chi connectivity index (χ0n) is 16.0. The Labute approximate surface area is 150 Å². The summed E-state index contributed by atoms with van der Waals surface area (Å²) in [6, 6.07) is 0. The molecule has 0 radical (unpaired) electrons. The summed E-state index contributed by atoms with van der Waals surface area (Å²) in [5.74, 6) is 0. The first-order valence-corrected chi connectivity index (χ1v) is 11.5. The minimum Gasteiger partial charge on any atom is -0.264 e. The molecule has 24 heavy (non-hydrogen) atoms. The lowest BCUT2D eigenvalue weighted by molar-refractivity contribution is 0.165. The van der Waals surface area contributed by atoms with Gasteiger partial charge in [0.1, 0.15) is 0 Å². The highest BCUT2D eigenvalue weighted by atomic mass is 32.3. The molecule has 0 saturated carbocycles. The van der Waals surface area contributed by atoms with E-state index in [1.165, 1.54) is 77.0 Å². The Morgan fingerprint density at radius 3 is 1.42 bits per heavy atom. The monoisotopic (exact) mass is 364 g/mol. The van der Waals surface area contributed by atoms with Gasteiger partial charge in [0.15, 0.2) is 0 Å². The lowest BCUT2D eigenvalue weighted by atomic mass is 10.0. The number of unbranched alkanes of at least 4 members (excludes halogenated alkanes) is 13. The van der Waals surface area contributed by atoms with Gasteiger partial charge in [-0.3, -0.25) is 4.55 Å². The fourth-order valence-corrected chi connectivity index (χ4v) is 3.64. The summed E-state index contributed by atoms with van der Waals surface area (Å²) < 4.78 is 34.7. The second-order valence-electron chi connectivity index (χ2n) is 6.94. The number of hydrogen-bond acceptors (Lipinski definition) is 3. The van der Waals surface area contributed by atoms with Crippen LogP contribution in [0.25, 0.3) is 0 Å². The molecule has 0 aromatic carbocycles. The molecular formula is C19H40O4S. The third-order valence-corrected chi connectivity index (χ3v) is 5.11. The molecule has 1 unspecified atom stereocenters. The van der Waals surface area contributed by atoms with Crippen molar-refractivity contribution in [3.8, 4) is 0 Å². The molecule has 0 aromatic heterocycles. The zero-order valence-corrected chi connectivity index (χ0v) is 16.8. The first-order chi connectivity index (χ1) is 11.5. The van der Waals surface area contributed by atoms with Crippen LogP contribution in [0.5, 0.6) is 0 Å². The van der Waals surface area contributed by atoms with E-state index in [0.717, 1.165) is 12.8 Å². The van der Waals surface area contributed by atoms with Crippen molar-refractivity contribution in [1.82, 2.24) is 0 Å². The van der Waals surface area contributed by atoms with Gasteiger partial charge in [0.05, 0.1) is 6.10 Å². The van der Waals surface area contributed by atoms with Gasteiger partial charge in [0, 0.05) is 0 Å². The second kappa shape index (κ2) is 16.3. The zero-order chi connectivity index (χ0) is 18.1. The van der Waals surface area contributed by atoms with Gasteiger partial charge in [-0.2, -0.15) is 8.42 Å².